The van der Waals surface area contributed by atoms with E-state index < -0.39 is 18.0 Å². The standard InChI is InChI=1S/C36H29ClN2O8S/c1-5-46-35(42)30-31(20-9-7-6-8-10-20)38-36-39(32(30)22-12-15-27(43-2)28(18-22)44-3)33(40)29(48-36)19-23-13-16-26(47-23)21-11-14-25(37)24(17-21)34(41)45-4/h6-19,32H,5H2,1-4H3/b29-19-/t32-/m0/s1. The Balaban J connectivity index is 1.54. The first-order chi connectivity index (χ1) is 23.3. The molecule has 0 aliphatic carbocycles. The number of carbonyl (C=O) groups is 2. The zero-order chi connectivity index (χ0) is 33.9. The Bertz CT molecular complexity index is 2250. The second kappa shape index (κ2) is 13.8. The number of furan rings is 1. The number of esters is 2. The van der Waals surface area contributed by atoms with E-state index in [4.69, 9.17) is 40.0 Å². The zero-order valence-electron chi connectivity index (χ0n) is 26.3. The molecular weight excluding hydrogens is 656 g/mol. The molecule has 0 fully saturated rings. The highest BCUT2D eigenvalue weighted by Crippen LogP contribution is 2.38. The molecule has 0 spiro atoms. The number of aromatic nitrogens is 1. The summed E-state index contributed by atoms with van der Waals surface area (Å²) in [6.07, 6.45) is 1.62. The predicted molar refractivity (Wildman–Crippen MR) is 181 cm³/mol. The Labute approximate surface area is 283 Å². The van der Waals surface area contributed by atoms with Crippen LogP contribution in [0.1, 0.15) is 40.2 Å². The average molecular weight is 685 g/mol. The molecule has 1 aliphatic rings. The molecule has 3 heterocycles. The lowest BCUT2D eigenvalue weighted by Crippen LogP contribution is -2.40. The van der Waals surface area contributed by atoms with Crippen LogP contribution in [0.3, 0.4) is 0 Å². The molecule has 0 radical (unpaired) electrons. The van der Waals surface area contributed by atoms with Crippen LogP contribution in [-0.2, 0) is 14.3 Å². The first-order valence-electron chi connectivity index (χ1n) is 14.8. The molecule has 0 amide bonds. The van der Waals surface area contributed by atoms with Crippen molar-refractivity contribution < 1.29 is 33.0 Å². The van der Waals surface area contributed by atoms with Gasteiger partial charge in [-0.25, -0.2) is 14.6 Å². The maximum Gasteiger partial charge on any atom is 0.339 e. The number of methoxy groups -OCH3 is 3. The smallest absolute Gasteiger partial charge is 0.339 e. The van der Waals surface area contributed by atoms with Crippen LogP contribution in [0.5, 0.6) is 11.5 Å². The summed E-state index contributed by atoms with van der Waals surface area (Å²) in [6, 6.07) is 21.9. The van der Waals surface area contributed by atoms with Gasteiger partial charge in [0.2, 0.25) is 0 Å². The van der Waals surface area contributed by atoms with Gasteiger partial charge in [0.25, 0.3) is 5.56 Å². The molecular formula is C36H29ClN2O8S. The van der Waals surface area contributed by atoms with E-state index >= 15 is 0 Å². The molecule has 2 aromatic heterocycles. The van der Waals surface area contributed by atoms with Crippen LogP contribution in [0.25, 0.3) is 23.1 Å². The van der Waals surface area contributed by atoms with E-state index in [2.05, 4.69) is 0 Å². The Kier molecular flexibility index (Phi) is 9.33. The molecule has 6 rings (SSSR count). The number of fused-ring (bicyclic) bond motifs is 1. The van der Waals surface area contributed by atoms with E-state index in [0.717, 1.165) is 11.3 Å². The van der Waals surface area contributed by atoms with Crippen LogP contribution in [-0.4, -0.2) is 44.4 Å². The summed E-state index contributed by atoms with van der Waals surface area (Å²) in [6.45, 7) is 1.85. The van der Waals surface area contributed by atoms with Gasteiger partial charge in [-0.1, -0.05) is 59.3 Å². The van der Waals surface area contributed by atoms with Crippen molar-refractivity contribution in [1.29, 1.82) is 0 Å². The molecule has 244 valence electrons. The highest BCUT2D eigenvalue weighted by atomic mass is 35.5. The lowest BCUT2D eigenvalue weighted by atomic mass is 9.93. The highest BCUT2D eigenvalue weighted by molar-refractivity contribution is 7.07. The fourth-order valence-corrected chi connectivity index (χ4v) is 6.61. The normalized spacial score (nSPS) is 14.3. The first kappa shape index (κ1) is 32.5. The average Bonchev–Trinajstić information content (AvgIpc) is 3.71. The van der Waals surface area contributed by atoms with Gasteiger partial charge in [0, 0.05) is 17.2 Å². The summed E-state index contributed by atoms with van der Waals surface area (Å²) in [4.78, 5) is 45.4. The van der Waals surface area contributed by atoms with Crippen molar-refractivity contribution in [2.45, 2.75) is 13.0 Å². The minimum atomic E-state index is -0.907. The number of thiazole rings is 1. The van der Waals surface area contributed by atoms with Crippen LogP contribution in [0.4, 0.5) is 0 Å². The molecule has 5 aromatic rings. The summed E-state index contributed by atoms with van der Waals surface area (Å²) < 4.78 is 29.3. The maximum atomic E-state index is 14.3. The lowest BCUT2D eigenvalue weighted by molar-refractivity contribution is -0.138. The number of benzene rings is 3. The third-order valence-corrected chi connectivity index (χ3v) is 8.97. The molecule has 10 nitrogen and oxygen atoms in total. The quantitative estimate of drug-likeness (QED) is 0.183. The van der Waals surface area contributed by atoms with Crippen molar-refractivity contribution in [1.82, 2.24) is 4.57 Å². The van der Waals surface area contributed by atoms with Gasteiger partial charge in [0.05, 0.1) is 60.4 Å². The Morgan fingerprint density at radius 2 is 1.71 bits per heavy atom. The molecule has 48 heavy (non-hydrogen) atoms. The molecule has 0 bridgehead atoms. The van der Waals surface area contributed by atoms with E-state index in [1.54, 1.807) is 61.5 Å². The van der Waals surface area contributed by atoms with E-state index in [1.165, 1.54) is 25.9 Å². The molecule has 1 aliphatic heterocycles. The molecule has 0 N–H and O–H groups in total. The van der Waals surface area contributed by atoms with Gasteiger partial charge >= 0.3 is 11.9 Å². The van der Waals surface area contributed by atoms with Crippen molar-refractivity contribution in [2.24, 2.45) is 4.99 Å². The Morgan fingerprint density at radius 3 is 2.42 bits per heavy atom. The zero-order valence-corrected chi connectivity index (χ0v) is 27.9. The maximum absolute atomic E-state index is 14.3. The fourth-order valence-electron chi connectivity index (χ4n) is 5.44. The van der Waals surface area contributed by atoms with Crippen LogP contribution in [0.15, 0.2) is 98.6 Å². The van der Waals surface area contributed by atoms with E-state index in [9.17, 15) is 14.4 Å². The lowest BCUT2D eigenvalue weighted by Gasteiger charge is -2.26. The summed E-state index contributed by atoms with van der Waals surface area (Å²) in [7, 11) is 4.33. The van der Waals surface area contributed by atoms with Crippen molar-refractivity contribution in [3.8, 4) is 22.8 Å². The summed E-state index contributed by atoms with van der Waals surface area (Å²) >= 11 is 7.36. The van der Waals surface area contributed by atoms with Crippen LogP contribution >= 0.6 is 22.9 Å². The van der Waals surface area contributed by atoms with E-state index in [0.29, 0.717) is 54.7 Å². The van der Waals surface area contributed by atoms with Gasteiger partial charge in [0.15, 0.2) is 16.3 Å². The van der Waals surface area contributed by atoms with Gasteiger partial charge in [-0.15, -0.1) is 0 Å². The van der Waals surface area contributed by atoms with Gasteiger partial charge in [-0.05, 0) is 55.0 Å². The minimum absolute atomic E-state index is 0.128. The third kappa shape index (κ3) is 6.05. The van der Waals surface area contributed by atoms with Gasteiger partial charge in [-0.3, -0.25) is 9.36 Å². The number of halogens is 1. The number of carbonyl (C=O) groups excluding carboxylic acids is 2. The second-order valence-electron chi connectivity index (χ2n) is 10.4. The molecule has 0 unspecified atom stereocenters. The molecule has 3 aromatic carbocycles. The molecule has 12 heteroatoms. The number of hydrogen-bond donors (Lipinski definition) is 0. The molecule has 1 atom stereocenters. The summed E-state index contributed by atoms with van der Waals surface area (Å²) in [5.41, 5.74) is 2.30. The summed E-state index contributed by atoms with van der Waals surface area (Å²) in [5, 5.41) is 0.250. The summed E-state index contributed by atoms with van der Waals surface area (Å²) in [5.74, 6) is 0.594. The van der Waals surface area contributed by atoms with Gasteiger partial charge in [0.1, 0.15) is 11.5 Å². The topological polar surface area (TPSA) is 119 Å². The van der Waals surface area contributed by atoms with Gasteiger partial charge in [-0.2, -0.15) is 0 Å². The number of hydrogen-bond acceptors (Lipinski definition) is 10. The van der Waals surface area contributed by atoms with Crippen molar-refractivity contribution >= 4 is 46.6 Å². The van der Waals surface area contributed by atoms with Crippen molar-refractivity contribution in [2.75, 3.05) is 27.9 Å². The van der Waals surface area contributed by atoms with Crippen LogP contribution in [0.2, 0.25) is 5.02 Å². The van der Waals surface area contributed by atoms with Crippen LogP contribution in [0, 0.1) is 0 Å². The fraction of sp³-hybridized carbons (Fsp3) is 0.167. The highest BCUT2D eigenvalue weighted by Gasteiger charge is 2.35. The second-order valence-corrected chi connectivity index (χ2v) is 11.9. The Morgan fingerprint density at radius 1 is 0.938 bits per heavy atom. The third-order valence-electron chi connectivity index (χ3n) is 7.65. The largest absolute Gasteiger partial charge is 0.493 e. The van der Waals surface area contributed by atoms with Crippen molar-refractivity contribution in [3.63, 3.8) is 0 Å². The molecule has 0 saturated carbocycles. The van der Waals surface area contributed by atoms with Crippen molar-refractivity contribution in [3.05, 3.63) is 132 Å². The predicted octanol–water partition coefficient (Wildman–Crippen LogP) is 5.65. The Hall–Kier alpha value is -5.39. The number of rotatable bonds is 9. The minimum Gasteiger partial charge on any atom is -0.493 e. The first-order valence-corrected chi connectivity index (χ1v) is 16.0. The van der Waals surface area contributed by atoms with E-state index in [1.807, 2.05) is 30.3 Å². The van der Waals surface area contributed by atoms with E-state index in [-0.39, 0.29) is 28.3 Å². The molecule has 0 saturated heterocycles. The number of nitrogens with zero attached hydrogens (tertiary/aromatic N) is 2. The number of ether oxygens (including phenoxy) is 4. The van der Waals surface area contributed by atoms with Crippen LogP contribution < -0.4 is 24.4 Å². The van der Waals surface area contributed by atoms with Gasteiger partial charge < -0.3 is 23.4 Å². The monoisotopic (exact) mass is 684 g/mol. The SMILES string of the molecule is CCOC(=O)C1=C(c2ccccc2)N=c2s/c(=C\c3ccc(-c4ccc(Cl)c(C(=O)OC)c4)o3)c(=O)n2[C@H]1c1ccc(OC)c(OC)c1.